The second-order valence-electron chi connectivity index (χ2n) is 7.71. The molecule has 3 aromatic rings. The number of carbonyl (C=O) groups is 1. The van der Waals surface area contributed by atoms with Crippen molar-refractivity contribution in [2.75, 3.05) is 29.1 Å². The molecule has 0 atom stereocenters. The maximum absolute atomic E-state index is 13.1. The zero-order chi connectivity index (χ0) is 21.3. The number of fused-ring (bicyclic) bond motifs is 1. The number of aromatic nitrogens is 3. The molecule has 1 fully saturated rings. The second-order valence-corrected chi connectivity index (χ2v) is 9.63. The quantitative estimate of drug-likeness (QED) is 0.457. The van der Waals surface area contributed by atoms with Gasteiger partial charge in [-0.25, -0.2) is 4.98 Å². The Morgan fingerprint density at radius 3 is 2.57 bits per heavy atom. The fraction of sp³-hybridized carbons (Fsp3) is 0.429. The number of thioether (sulfide) groups is 1. The molecule has 0 bridgehead atoms. The number of carbonyl (C=O) groups excluding carboxylic acids is 1. The molecule has 1 aliphatic rings. The van der Waals surface area contributed by atoms with Crippen LogP contribution in [0, 0.1) is 6.92 Å². The van der Waals surface area contributed by atoms with E-state index >= 15 is 0 Å². The first-order valence-electron chi connectivity index (χ1n) is 10.1. The molecule has 3 heterocycles. The largest absolute Gasteiger partial charge is 0.348 e. The number of thiazole rings is 1. The monoisotopic (exact) mass is 443 g/mol. The van der Waals surface area contributed by atoms with Crippen molar-refractivity contribution in [1.82, 2.24) is 14.5 Å². The van der Waals surface area contributed by atoms with Crippen LogP contribution in [-0.2, 0) is 4.79 Å². The summed E-state index contributed by atoms with van der Waals surface area (Å²) in [5, 5.41) is 4.28. The number of nitrogens with one attached hydrogen (secondary N) is 1. The first-order chi connectivity index (χ1) is 14.4. The van der Waals surface area contributed by atoms with Crippen molar-refractivity contribution in [3.8, 4) is 0 Å². The number of nitrogens with zero attached hydrogens (tertiary/aromatic N) is 4. The molecule has 30 heavy (non-hydrogen) atoms. The molecule has 1 amide bonds. The molecule has 0 spiro atoms. The summed E-state index contributed by atoms with van der Waals surface area (Å²) in [7, 11) is 0. The predicted molar refractivity (Wildman–Crippen MR) is 124 cm³/mol. The predicted octanol–water partition coefficient (Wildman–Crippen LogP) is 4.07. The van der Waals surface area contributed by atoms with Gasteiger partial charge in [-0.3, -0.25) is 14.2 Å². The van der Waals surface area contributed by atoms with Crippen molar-refractivity contribution >= 4 is 50.2 Å². The Kier molecular flexibility index (Phi) is 6.10. The third-order valence-corrected chi connectivity index (χ3v) is 7.03. The van der Waals surface area contributed by atoms with Crippen molar-refractivity contribution < 1.29 is 4.79 Å². The van der Waals surface area contributed by atoms with E-state index in [1.54, 1.807) is 4.57 Å². The summed E-state index contributed by atoms with van der Waals surface area (Å²) in [6.07, 6.45) is 2.30. The van der Waals surface area contributed by atoms with E-state index in [4.69, 9.17) is 0 Å². The van der Waals surface area contributed by atoms with Crippen LogP contribution in [0.4, 0.5) is 10.8 Å². The summed E-state index contributed by atoms with van der Waals surface area (Å²) in [5.41, 5.74) is 2.28. The SMILES string of the molecule is Cc1ccc(NC(=O)CSc2nc3nc(N4CCCC4)sc3c(=O)n2C(C)C)cc1. The zero-order valence-corrected chi connectivity index (χ0v) is 19.0. The lowest BCUT2D eigenvalue weighted by Gasteiger charge is -2.14. The van der Waals surface area contributed by atoms with Gasteiger partial charge < -0.3 is 10.2 Å². The molecular weight excluding hydrogens is 418 g/mol. The summed E-state index contributed by atoms with van der Waals surface area (Å²) < 4.78 is 2.25. The van der Waals surface area contributed by atoms with Crippen LogP contribution in [0.2, 0.25) is 0 Å². The molecule has 9 heteroatoms. The van der Waals surface area contributed by atoms with Crippen LogP contribution < -0.4 is 15.8 Å². The highest BCUT2D eigenvalue weighted by Crippen LogP contribution is 2.30. The van der Waals surface area contributed by atoms with Gasteiger partial charge in [0.2, 0.25) is 5.91 Å². The minimum Gasteiger partial charge on any atom is -0.348 e. The van der Waals surface area contributed by atoms with Crippen molar-refractivity contribution in [2.24, 2.45) is 0 Å². The molecule has 1 N–H and O–H groups in total. The Labute approximate surface area is 183 Å². The average Bonchev–Trinajstić information content (AvgIpc) is 3.37. The number of rotatable bonds is 6. The fourth-order valence-electron chi connectivity index (χ4n) is 3.42. The summed E-state index contributed by atoms with van der Waals surface area (Å²) in [6.45, 7) is 7.85. The molecule has 0 unspecified atom stereocenters. The number of aryl methyl sites for hydroxylation is 1. The van der Waals surface area contributed by atoms with Crippen LogP contribution in [-0.4, -0.2) is 39.3 Å². The molecule has 1 aromatic carbocycles. The van der Waals surface area contributed by atoms with Gasteiger partial charge in [0.15, 0.2) is 15.9 Å². The zero-order valence-electron chi connectivity index (χ0n) is 17.3. The van der Waals surface area contributed by atoms with Gasteiger partial charge in [-0.15, -0.1) is 0 Å². The van der Waals surface area contributed by atoms with Crippen LogP contribution in [0.25, 0.3) is 10.3 Å². The highest BCUT2D eigenvalue weighted by Gasteiger charge is 2.22. The van der Waals surface area contributed by atoms with E-state index in [2.05, 4.69) is 20.2 Å². The molecular formula is C21H25N5O2S2. The van der Waals surface area contributed by atoms with Crippen LogP contribution >= 0.6 is 23.1 Å². The van der Waals surface area contributed by atoms with Gasteiger partial charge in [0.05, 0.1) is 5.75 Å². The Bertz CT molecular complexity index is 1110. The van der Waals surface area contributed by atoms with Gasteiger partial charge in [0.25, 0.3) is 5.56 Å². The van der Waals surface area contributed by atoms with Crippen molar-refractivity contribution in [3.05, 3.63) is 40.2 Å². The van der Waals surface area contributed by atoms with E-state index < -0.39 is 0 Å². The summed E-state index contributed by atoms with van der Waals surface area (Å²) in [4.78, 5) is 37.1. The molecule has 7 nitrogen and oxygen atoms in total. The van der Waals surface area contributed by atoms with Gasteiger partial charge >= 0.3 is 0 Å². The van der Waals surface area contributed by atoms with E-state index in [1.165, 1.54) is 23.1 Å². The van der Waals surface area contributed by atoms with Crippen LogP contribution in [0.3, 0.4) is 0 Å². The topological polar surface area (TPSA) is 80.1 Å². The van der Waals surface area contributed by atoms with Gasteiger partial charge in [0.1, 0.15) is 4.70 Å². The van der Waals surface area contributed by atoms with E-state index in [9.17, 15) is 9.59 Å². The van der Waals surface area contributed by atoms with Gasteiger partial charge in [-0.05, 0) is 45.7 Å². The average molecular weight is 444 g/mol. The maximum Gasteiger partial charge on any atom is 0.274 e. The lowest BCUT2D eigenvalue weighted by Crippen LogP contribution is -2.25. The van der Waals surface area contributed by atoms with Crippen molar-refractivity contribution in [1.29, 1.82) is 0 Å². The third kappa shape index (κ3) is 4.37. The fourth-order valence-corrected chi connectivity index (χ4v) is 5.33. The molecule has 1 aliphatic heterocycles. The van der Waals surface area contributed by atoms with E-state index in [0.29, 0.717) is 15.5 Å². The van der Waals surface area contributed by atoms with Gasteiger partial charge in [-0.2, -0.15) is 4.98 Å². The first kappa shape index (κ1) is 20.9. The summed E-state index contributed by atoms with van der Waals surface area (Å²) >= 11 is 2.69. The Balaban J connectivity index is 1.57. The van der Waals surface area contributed by atoms with E-state index in [-0.39, 0.29) is 23.3 Å². The molecule has 4 rings (SSSR count). The Morgan fingerprint density at radius 2 is 1.90 bits per heavy atom. The standard InChI is InChI=1S/C21H25N5O2S2/c1-13(2)26-19(28)17-18(23-20(30-17)25-10-4-5-11-25)24-21(26)29-12-16(27)22-15-8-6-14(3)7-9-15/h6-9,13H,4-5,10-12H2,1-3H3,(H,22,27). The molecule has 2 aromatic heterocycles. The maximum atomic E-state index is 13.1. The minimum atomic E-state index is -0.135. The number of anilines is 2. The first-order valence-corrected chi connectivity index (χ1v) is 11.9. The van der Waals surface area contributed by atoms with E-state index in [1.807, 2.05) is 45.0 Å². The lowest BCUT2D eigenvalue weighted by molar-refractivity contribution is -0.113. The molecule has 1 saturated heterocycles. The minimum absolute atomic E-state index is 0.0607. The molecule has 0 radical (unpaired) electrons. The summed E-state index contributed by atoms with van der Waals surface area (Å²) in [6, 6.07) is 7.60. The second kappa shape index (κ2) is 8.77. The number of benzene rings is 1. The van der Waals surface area contributed by atoms with Gasteiger partial charge in [0, 0.05) is 24.8 Å². The highest BCUT2D eigenvalue weighted by molar-refractivity contribution is 7.99. The van der Waals surface area contributed by atoms with Crippen LogP contribution in [0.5, 0.6) is 0 Å². The van der Waals surface area contributed by atoms with E-state index in [0.717, 1.165) is 42.3 Å². The number of hydrogen-bond acceptors (Lipinski definition) is 7. The third-order valence-electron chi connectivity index (χ3n) is 4.98. The highest BCUT2D eigenvalue weighted by atomic mass is 32.2. The normalized spacial score (nSPS) is 14.1. The van der Waals surface area contributed by atoms with Crippen molar-refractivity contribution in [2.45, 2.75) is 44.8 Å². The number of hydrogen-bond donors (Lipinski definition) is 1. The number of amides is 1. The molecule has 158 valence electrons. The lowest BCUT2D eigenvalue weighted by atomic mass is 10.2. The molecule has 0 saturated carbocycles. The summed E-state index contributed by atoms with van der Waals surface area (Å²) in [5.74, 6) is 0.0336. The van der Waals surface area contributed by atoms with Crippen LogP contribution in [0.1, 0.15) is 38.3 Å². The van der Waals surface area contributed by atoms with Crippen molar-refractivity contribution in [3.63, 3.8) is 0 Å². The smallest absolute Gasteiger partial charge is 0.274 e. The Morgan fingerprint density at radius 1 is 1.20 bits per heavy atom. The van der Waals surface area contributed by atoms with Gasteiger partial charge in [-0.1, -0.05) is 40.8 Å². The molecule has 0 aliphatic carbocycles. The Hall–Kier alpha value is -2.39. The van der Waals surface area contributed by atoms with Crippen LogP contribution in [0.15, 0.2) is 34.2 Å².